The molecule has 0 radical (unpaired) electrons. The van der Waals surface area contributed by atoms with Crippen LogP contribution in [0, 0.1) is 0 Å². The number of ether oxygens (including phenoxy) is 2. The third-order valence-corrected chi connectivity index (χ3v) is 8.97. The summed E-state index contributed by atoms with van der Waals surface area (Å²) < 4.78 is 40.3. The molecule has 3 N–H and O–H groups in total. The lowest BCUT2D eigenvalue weighted by Gasteiger charge is -2.38. The zero-order valence-electron chi connectivity index (χ0n) is 20.3. The van der Waals surface area contributed by atoms with Crippen molar-refractivity contribution >= 4 is 33.0 Å². The average molecular weight is 501 g/mol. The summed E-state index contributed by atoms with van der Waals surface area (Å²) in [5, 5.41) is 6.65. The van der Waals surface area contributed by atoms with E-state index in [-0.39, 0.29) is 28.7 Å². The van der Waals surface area contributed by atoms with E-state index in [1.165, 1.54) is 13.2 Å². The molecule has 10 heteroatoms. The van der Waals surface area contributed by atoms with Crippen molar-refractivity contribution in [2.75, 3.05) is 49.7 Å². The summed E-state index contributed by atoms with van der Waals surface area (Å²) in [5.41, 5.74) is 2.10. The SMILES string of the molecule is COc1ccccc1S(=O)(=O)Nc1cc(NC2CCN(C)CC2OC)c2c(c1)C1(CCC1)C(=O)N2. The molecule has 2 aliphatic heterocycles. The average Bonchev–Trinajstić information content (AvgIpc) is 3.12. The van der Waals surface area contributed by atoms with Gasteiger partial charge in [0.1, 0.15) is 10.6 Å². The molecular weight excluding hydrogens is 468 g/mol. The maximum absolute atomic E-state index is 13.3. The minimum atomic E-state index is -3.93. The Morgan fingerprint density at radius 3 is 2.63 bits per heavy atom. The molecule has 2 aromatic rings. The highest BCUT2D eigenvalue weighted by atomic mass is 32.2. The molecule has 0 bridgehead atoms. The fraction of sp³-hybridized carbons (Fsp3) is 0.480. The van der Waals surface area contributed by atoms with Crippen molar-refractivity contribution in [2.24, 2.45) is 0 Å². The second kappa shape index (κ2) is 9.00. The number of carbonyl (C=O) groups is 1. The molecule has 188 valence electrons. The van der Waals surface area contributed by atoms with Gasteiger partial charge < -0.3 is 25.0 Å². The van der Waals surface area contributed by atoms with Crippen LogP contribution in [-0.2, 0) is 25.0 Å². The molecule has 2 unspecified atom stereocenters. The van der Waals surface area contributed by atoms with Crippen molar-refractivity contribution in [1.82, 2.24) is 4.90 Å². The van der Waals surface area contributed by atoms with Crippen LogP contribution in [-0.4, -0.2) is 65.7 Å². The van der Waals surface area contributed by atoms with Crippen LogP contribution < -0.4 is 20.1 Å². The van der Waals surface area contributed by atoms with Gasteiger partial charge in [0.05, 0.1) is 41.7 Å². The maximum Gasteiger partial charge on any atom is 0.265 e. The Bertz CT molecular complexity index is 1240. The predicted octanol–water partition coefficient (Wildman–Crippen LogP) is 3.00. The Morgan fingerprint density at radius 1 is 1.17 bits per heavy atom. The topological polar surface area (TPSA) is 109 Å². The third-order valence-electron chi connectivity index (χ3n) is 7.55. The number of nitrogens with one attached hydrogen (secondary N) is 3. The Labute approximate surface area is 206 Å². The van der Waals surface area contributed by atoms with Crippen LogP contribution in [0.3, 0.4) is 0 Å². The largest absolute Gasteiger partial charge is 0.495 e. The molecule has 3 aliphatic rings. The minimum Gasteiger partial charge on any atom is -0.495 e. The van der Waals surface area contributed by atoms with Gasteiger partial charge in [-0.25, -0.2) is 8.42 Å². The molecule has 1 aliphatic carbocycles. The van der Waals surface area contributed by atoms with E-state index in [0.29, 0.717) is 11.4 Å². The maximum atomic E-state index is 13.3. The molecule has 2 atom stereocenters. The van der Waals surface area contributed by atoms with E-state index >= 15 is 0 Å². The summed E-state index contributed by atoms with van der Waals surface area (Å²) in [4.78, 5) is 15.3. The lowest BCUT2D eigenvalue weighted by molar-refractivity contribution is -0.123. The van der Waals surface area contributed by atoms with Crippen molar-refractivity contribution in [3.8, 4) is 5.75 Å². The molecule has 1 amide bonds. The van der Waals surface area contributed by atoms with Crippen molar-refractivity contribution in [3.63, 3.8) is 0 Å². The van der Waals surface area contributed by atoms with Gasteiger partial charge in [0.15, 0.2) is 0 Å². The number of sulfonamides is 1. The highest BCUT2D eigenvalue weighted by Crippen LogP contribution is 2.54. The van der Waals surface area contributed by atoms with Crippen LogP contribution in [0.5, 0.6) is 5.75 Å². The van der Waals surface area contributed by atoms with Gasteiger partial charge in [0.2, 0.25) is 5.91 Å². The van der Waals surface area contributed by atoms with Gasteiger partial charge in [0.25, 0.3) is 10.0 Å². The van der Waals surface area contributed by atoms with Gasteiger partial charge in [-0.1, -0.05) is 18.6 Å². The van der Waals surface area contributed by atoms with Crippen LogP contribution in [0.25, 0.3) is 0 Å². The number of amides is 1. The number of likely N-dealkylation sites (N-methyl/N-ethyl adjacent to an activating group) is 1. The van der Waals surface area contributed by atoms with Crippen LogP contribution in [0.1, 0.15) is 31.2 Å². The number of nitrogens with zero attached hydrogens (tertiary/aromatic N) is 1. The molecule has 0 aromatic heterocycles. The van der Waals surface area contributed by atoms with E-state index in [2.05, 4.69) is 27.3 Å². The predicted molar refractivity (Wildman–Crippen MR) is 135 cm³/mol. The molecule has 5 rings (SSSR count). The number of fused-ring (bicyclic) bond motifs is 2. The van der Waals surface area contributed by atoms with E-state index in [1.54, 1.807) is 37.4 Å². The zero-order chi connectivity index (χ0) is 24.8. The number of benzene rings is 2. The van der Waals surface area contributed by atoms with Crippen molar-refractivity contribution in [1.29, 1.82) is 0 Å². The number of hydrogen-bond donors (Lipinski definition) is 3. The normalized spacial score (nSPS) is 23.3. The summed E-state index contributed by atoms with van der Waals surface area (Å²) in [6.07, 6.45) is 3.30. The van der Waals surface area contributed by atoms with Crippen molar-refractivity contribution < 1.29 is 22.7 Å². The number of anilines is 3. The van der Waals surface area contributed by atoms with Crippen molar-refractivity contribution in [3.05, 3.63) is 42.0 Å². The van der Waals surface area contributed by atoms with Crippen LogP contribution in [0.4, 0.5) is 17.1 Å². The van der Waals surface area contributed by atoms with Crippen LogP contribution >= 0.6 is 0 Å². The standard InChI is InChI=1S/C25H32N4O5S/c1-29-12-9-18(21(15-29)34-3)26-19-14-16(13-17-23(19)27-24(30)25(17)10-6-11-25)28-35(31,32)22-8-5-4-7-20(22)33-2/h4-5,7-8,13-14,18,21,26,28H,6,9-12,15H2,1-3H3,(H,27,30). The second-order valence-corrected chi connectivity index (χ2v) is 11.3. The molecular formula is C25H32N4O5S. The second-order valence-electron chi connectivity index (χ2n) is 9.67. The van der Waals surface area contributed by atoms with Gasteiger partial charge in [0, 0.05) is 13.7 Å². The fourth-order valence-electron chi connectivity index (χ4n) is 5.43. The fourth-order valence-corrected chi connectivity index (χ4v) is 6.65. The van der Waals surface area contributed by atoms with Gasteiger partial charge in [-0.05, 0) is 62.7 Å². The third kappa shape index (κ3) is 4.13. The first kappa shape index (κ1) is 23.9. The van der Waals surface area contributed by atoms with Gasteiger partial charge in [-0.3, -0.25) is 9.52 Å². The Balaban J connectivity index is 1.54. The Hall–Kier alpha value is -2.82. The summed E-state index contributed by atoms with van der Waals surface area (Å²) >= 11 is 0. The molecule has 2 aromatic carbocycles. The van der Waals surface area contributed by atoms with Crippen LogP contribution in [0.15, 0.2) is 41.3 Å². The summed E-state index contributed by atoms with van der Waals surface area (Å²) in [7, 11) is 1.28. The minimum absolute atomic E-state index is 0.0156. The number of carbonyl (C=O) groups excluding carboxylic acids is 1. The van der Waals surface area contributed by atoms with E-state index in [4.69, 9.17) is 9.47 Å². The highest BCUT2D eigenvalue weighted by Gasteiger charge is 2.52. The molecule has 2 heterocycles. The first-order valence-corrected chi connectivity index (χ1v) is 13.4. The van der Waals surface area contributed by atoms with E-state index in [1.807, 2.05) is 0 Å². The summed E-state index contributed by atoms with van der Waals surface area (Å²) in [6, 6.07) is 10.1. The number of piperidine rings is 1. The molecule has 35 heavy (non-hydrogen) atoms. The monoisotopic (exact) mass is 500 g/mol. The molecule has 1 spiro atoms. The molecule has 2 fully saturated rings. The molecule has 1 saturated carbocycles. The zero-order valence-corrected chi connectivity index (χ0v) is 21.1. The van der Waals surface area contributed by atoms with Gasteiger partial charge >= 0.3 is 0 Å². The molecule has 9 nitrogen and oxygen atoms in total. The smallest absolute Gasteiger partial charge is 0.265 e. The van der Waals surface area contributed by atoms with Crippen LogP contribution in [0.2, 0.25) is 0 Å². The lowest BCUT2D eigenvalue weighted by atomic mass is 9.65. The summed E-state index contributed by atoms with van der Waals surface area (Å²) in [6.45, 7) is 1.70. The Morgan fingerprint density at radius 2 is 1.94 bits per heavy atom. The summed E-state index contributed by atoms with van der Waals surface area (Å²) in [5.74, 6) is 0.249. The quantitative estimate of drug-likeness (QED) is 0.536. The number of para-hydroxylation sites is 1. The highest BCUT2D eigenvalue weighted by molar-refractivity contribution is 7.92. The van der Waals surface area contributed by atoms with E-state index in [9.17, 15) is 13.2 Å². The number of likely N-dealkylation sites (tertiary alicyclic amines) is 1. The number of hydrogen-bond acceptors (Lipinski definition) is 7. The number of methoxy groups -OCH3 is 2. The van der Waals surface area contributed by atoms with Gasteiger partial charge in [-0.2, -0.15) is 0 Å². The Kier molecular flexibility index (Phi) is 6.14. The number of rotatable bonds is 7. The van der Waals surface area contributed by atoms with Gasteiger partial charge in [-0.15, -0.1) is 0 Å². The molecule has 1 saturated heterocycles. The first-order valence-electron chi connectivity index (χ1n) is 11.9. The van der Waals surface area contributed by atoms with E-state index < -0.39 is 15.4 Å². The van der Waals surface area contributed by atoms with E-state index in [0.717, 1.165) is 50.0 Å². The lowest BCUT2D eigenvalue weighted by Crippen LogP contribution is -2.49. The first-order chi connectivity index (χ1) is 16.8. The van der Waals surface area contributed by atoms with Crippen molar-refractivity contribution in [2.45, 2.75) is 48.1 Å².